The fourth-order valence-corrected chi connectivity index (χ4v) is 3.72. The third kappa shape index (κ3) is 4.23. The molecule has 0 radical (unpaired) electrons. The Hall–Kier alpha value is -2.58. The van der Waals surface area contributed by atoms with Crippen molar-refractivity contribution in [1.82, 2.24) is 4.98 Å². The summed E-state index contributed by atoms with van der Waals surface area (Å²) in [7, 11) is 1.26. The molecule has 0 unspecified atom stereocenters. The Labute approximate surface area is 167 Å². The summed E-state index contributed by atoms with van der Waals surface area (Å²) in [5, 5.41) is 11.9. The molecule has 6 nitrogen and oxygen atoms in total. The van der Waals surface area contributed by atoms with Gasteiger partial charge in [-0.15, -0.1) is 0 Å². The number of aliphatic hydroxyl groups excluding tert-OH is 1. The number of rotatable bonds is 6. The lowest BCUT2D eigenvalue weighted by Gasteiger charge is -2.23. The SMILES string of the molecule is COc1c([C@@H]2[C@H](C)[C@H](C)O[C@H]2C(=O)Nc2ccnc(CCO)c2)ccc(F)c1F. The molecule has 1 fully saturated rings. The first kappa shape index (κ1) is 21.1. The van der Waals surface area contributed by atoms with Crippen molar-refractivity contribution >= 4 is 11.6 Å². The molecule has 3 rings (SSSR count). The van der Waals surface area contributed by atoms with Crippen molar-refractivity contribution in [2.24, 2.45) is 5.92 Å². The zero-order valence-corrected chi connectivity index (χ0v) is 16.5. The maximum Gasteiger partial charge on any atom is 0.254 e. The van der Waals surface area contributed by atoms with Crippen molar-refractivity contribution in [2.75, 3.05) is 19.0 Å². The number of halogens is 2. The average molecular weight is 406 g/mol. The number of hydrogen-bond donors (Lipinski definition) is 2. The van der Waals surface area contributed by atoms with E-state index in [1.54, 1.807) is 12.1 Å². The van der Waals surface area contributed by atoms with Crippen LogP contribution in [0.1, 0.15) is 31.0 Å². The van der Waals surface area contributed by atoms with E-state index >= 15 is 0 Å². The number of carbonyl (C=O) groups excluding carboxylic acids is 1. The first-order valence-corrected chi connectivity index (χ1v) is 9.41. The van der Waals surface area contributed by atoms with Crippen LogP contribution in [0.3, 0.4) is 0 Å². The highest BCUT2D eigenvalue weighted by molar-refractivity contribution is 5.95. The molecule has 1 aromatic carbocycles. The number of benzene rings is 1. The predicted molar refractivity (Wildman–Crippen MR) is 103 cm³/mol. The lowest BCUT2D eigenvalue weighted by Crippen LogP contribution is -2.33. The molecule has 156 valence electrons. The fourth-order valence-electron chi connectivity index (χ4n) is 3.72. The second kappa shape index (κ2) is 8.84. The summed E-state index contributed by atoms with van der Waals surface area (Å²) in [6, 6.07) is 5.77. The highest BCUT2D eigenvalue weighted by atomic mass is 19.2. The van der Waals surface area contributed by atoms with Crippen molar-refractivity contribution in [3.05, 3.63) is 53.4 Å². The van der Waals surface area contributed by atoms with Crippen molar-refractivity contribution in [1.29, 1.82) is 0 Å². The molecule has 0 aliphatic carbocycles. The topological polar surface area (TPSA) is 80.7 Å². The van der Waals surface area contributed by atoms with Gasteiger partial charge in [0, 0.05) is 42.1 Å². The quantitative estimate of drug-likeness (QED) is 0.771. The van der Waals surface area contributed by atoms with E-state index in [9.17, 15) is 13.6 Å². The molecule has 1 aliphatic rings. The normalized spacial score (nSPS) is 23.8. The molecule has 0 spiro atoms. The van der Waals surface area contributed by atoms with E-state index in [1.165, 1.54) is 19.4 Å². The minimum atomic E-state index is -1.08. The Kier molecular flexibility index (Phi) is 6.44. The number of methoxy groups -OCH3 is 1. The van der Waals surface area contributed by atoms with Gasteiger partial charge in [-0.05, 0) is 31.0 Å². The van der Waals surface area contributed by atoms with Crippen LogP contribution in [0.15, 0.2) is 30.5 Å². The summed E-state index contributed by atoms with van der Waals surface area (Å²) >= 11 is 0. The summed E-state index contributed by atoms with van der Waals surface area (Å²) in [5.74, 6) is -3.37. The monoisotopic (exact) mass is 406 g/mol. The van der Waals surface area contributed by atoms with Crippen LogP contribution in [0.25, 0.3) is 0 Å². The molecule has 0 bridgehead atoms. The molecule has 4 atom stereocenters. The summed E-state index contributed by atoms with van der Waals surface area (Å²) in [6.07, 6.45) is 0.730. The smallest absolute Gasteiger partial charge is 0.254 e. The number of nitrogens with zero attached hydrogens (tertiary/aromatic N) is 1. The van der Waals surface area contributed by atoms with E-state index in [-0.39, 0.29) is 24.4 Å². The van der Waals surface area contributed by atoms with Crippen LogP contribution in [0.5, 0.6) is 5.75 Å². The molecule has 1 aliphatic heterocycles. The van der Waals surface area contributed by atoms with Crippen molar-refractivity contribution in [3.8, 4) is 5.75 Å². The van der Waals surface area contributed by atoms with E-state index in [0.29, 0.717) is 23.4 Å². The Bertz CT molecular complexity index is 893. The van der Waals surface area contributed by atoms with Gasteiger partial charge in [-0.3, -0.25) is 9.78 Å². The van der Waals surface area contributed by atoms with Crippen LogP contribution in [-0.2, 0) is 16.0 Å². The highest BCUT2D eigenvalue weighted by Gasteiger charge is 2.46. The lowest BCUT2D eigenvalue weighted by atomic mass is 9.82. The first-order valence-electron chi connectivity index (χ1n) is 9.41. The van der Waals surface area contributed by atoms with Gasteiger partial charge in [0.25, 0.3) is 5.91 Å². The highest BCUT2D eigenvalue weighted by Crippen LogP contribution is 2.44. The van der Waals surface area contributed by atoms with Crippen LogP contribution in [-0.4, -0.2) is 41.9 Å². The Morgan fingerprint density at radius 1 is 1.31 bits per heavy atom. The zero-order valence-electron chi connectivity index (χ0n) is 16.5. The second-order valence-electron chi connectivity index (χ2n) is 7.13. The summed E-state index contributed by atoms with van der Waals surface area (Å²) in [5.41, 5.74) is 1.54. The Morgan fingerprint density at radius 2 is 2.07 bits per heavy atom. The average Bonchev–Trinajstić information content (AvgIpc) is 2.99. The van der Waals surface area contributed by atoms with Crippen LogP contribution in [0, 0.1) is 17.6 Å². The van der Waals surface area contributed by atoms with Crippen LogP contribution in [0.4, 0.5) is 14.5 Å². The van der Waals surface area contributed by atoms with Gasteiger partial charge in [0.2, 0.25) is 5.82 Å². The van der Waals surface area contributed by atoms with Crippen LogP contribution >= 0.6 is 0 Å². The van der Waals surface area contributed by atoms with Gasteiger partial charge >= 0.3 is 0 Å². The minimum Gasteiger partial charge on any atom is -0.493 e. The Balaban J connectivity index is 1.91. The zero-order chi connectivity index (χ0) is 21.1. The molecule has 2 N–H and O–H groups in total. The molecule has 1 aromatic heterocycles. The number of ether oxygens (including phenoxy) is 2. The number of carbonyl (C=O) groups is 1. The standard InChI is InChI=1S/C21H24F2N2O4/c1-11-12(2)29-20(17(11)15-4-5-16(22)18(23)19(15)28-3)21(27)25-14-6-8-24-13(10-14)7-9-26/h4-6,8,10-12,17,20,26H,7,9H2,1-3H3,(H,24,25,27)/t11-,12+,17+,20-/m1/s1. The van der Waals surface area contributed by atoms with Gasteiger partial charge in [0.05, 0.1) is 13.2 Å². The van der Waals surface area contributed by atoms with E-state index in [1.807, 2.05) is 13.8 Å². The number of nitrogens with one attached hydrogen (secondary N) is 1. The third-order valence-electron chi connectivity index (χ3n) is 5.35. The number of pyridine rings is 1. The van der Waals surface area contributed by atoms with E-state index < -0.39 is 29.6 Å². The van der Waals surface area contributed by atoms with Gasteiger partial charge < -0.3 is 19.9 Å². The largest absolute Gasteiger partial charge is 0.493 e. The van der Waals surface area contributed by atoms with Crippen molar-refractivity contribution < 1.29 is 28.2 Å². The second-order valence-corrected chi connectivity index (χ2v) is 7.13. The van der Waals surface area contributed by atoms with Crippen LogP contribution in [0.2, 0.25) is 0 Å². The summed E-state index contributed by atoms with van der Waals surface area (Å²) < 4.78 is 38.9. The molecule has 2 aromatic rings. The van der Waals surface area contributed by atoms with E-state index in [0.717, 1.165) is 6.07 Å². The lowest BCUT2D eigenvalue weighted by molar-refractivity contribution is -0.127. The number of aromatic nitrogens is 1. The van der Waals surface area contributed by atoms with Gasteiger partial charge in [-0.25, -0.2) is 4.39 Å². The fraction of sp³-hybridized carbons (Fsp3) is 0.429. The Morgan fingerprint density at radius 3 is 2.76 bits per heavy atom. The predicted octanol–water partition coefficient (Wildman–Crippen LogP) is 3.05. The van der Waals surface area contributed by atoms with Crippen molar-refractivity contribution in [2.45, 2.75) is 38.4 Å². The summed E-state index contributed by atoms with van der Waals surface area (Å²) in [6.45, 7) is 3.68. The van der Waals surface area contributed by atoms with Gasteiger partial charge in [-0.2, -0.15) is 4.39 Å². The molecular weight excluding hydrogens is 382 g/mol. The number of amides is 1. The van der Waals surface area contributed by atoms with Crippen LogP contribution < -0.4 is 10.1 Å². The molecule has 2 heterocycles. The molecule has 0 saturated carbocycles. The molecule has 1 saturated heterocycles. The number of hydrogen-bond acceptors (Lipinski definition) is 5. The third-order valence-corrected chi connectivity index (χ3v) is 5.35. The van der Waals surface area contributed by atoms with E-state index in [2.05, 4.69) is 10.3 Å². The van der Waals surface area contributed by atoms with Gasteiger partial charge in [0.1, 0.15) is 6.10 Å². The molecule has 1 amide bonds. The summed E-state index contributed by atoms with van der Waals surface area (Å²) in [4.78, 5) is 17.1. The maximum absolute atomic E-state index is 14.3. The minimum absolute atomic E-state index is 0.0524. The maximum atomic E-state index is 14.3. The first-order chi connectivity index (χ1) is 13.9. The van der Waals surface area contributed by atoms with E-state index in [4.69, 9.17) is 14.6 Å². The van der Waals surface area contributed by atoms with Gasteiger partial charge in [-0.1, -0.05) is 13.0 Å². The van der Waals surface area contributed by atoms with Crippen molar-refractivity contribution in [3.63, 3.8) is 0 Å². The molecule has 29 heavy (non-hydrogen) atoms. The van der Waals surface area contributed by atoms with Gasteiger partial charge in [0.15, 0.2) is 11.6 Å². The molecule has 8 heteroatoms. The number of anilines is 1. The molecular formula is C21H24F2N2O4. The number of aliphatic hydroxyl groups is 1.